The molecule has 0 bridgehead atoms. The molecular formula is C12H16ClN. The van der Waals surface area contributed by atoms with Crippen molar-refractivity contribution in [3.63, 3.8) is 0 Å². The Balaban J connectivity index is 2.49. The summed E-state index contributed by atoms with van der Waals surface area (Å²) in [5.41, 5.74) is 8.73. The van der Waals surface area contributed by atoms with E-state index in [1.807, 2.05) is 12.1 Å². The van der Waals surface area contributed by atoms with Gasteiger partial charge in [0.15, 0.2) is 0 Å². The van der Waals surface area contributed by atoms with Crippen LogP contribution in [0.5, 0.6) is 0 Å². The summed E-state index contributed by atoms with van der Waals surface area (Å²) in [5.74, 6) is 0.517. The normalized spacial score (nSPS) is 18.6. The van der Waals surface area contributed by atoms with Crippen LogP contribution in [0.1, 0.15) is 43.7 Å². The molecule has 0 unspecified atom stereocenters. The van der Waals surface area contributed by atoms with Crippen LogP contribution < -0.4 is 5.73 Å². The van der Waals surface area contributed by atoms with Crippen LogP contribution in [0.4, 0.5) is 0 Å². The van der Waals surface area contributed by atoms with Crippen LogP contribution in [0, 0.1) is 0 Å². The molecule has 1 aromatic rings. The van der Waals surface area contributed by atoms with E-state index in [0.717, 1.165) is 17.9 Å². The molecule has 0 aromatic heterocycles. The number of hydrogen-bond acceptors (Lipinski definition) is 1. The van der Waals surface area contributed by atoms with E-state index in [1.54, 1.807) is 0 Å². The second-order valence-corrected chi connectivity index (χ2v) is 4.98. The van der Waals surface area contributed by atoms with E-state index in [1.165, 1.54) is 11.1 Å². The Labute approximate surface area is 90.3 Å². The third-order valence-electron chi connectivity index (χ3n) is 2.96. The molecule has 76 valence electrons. The molecule has 2 heteroatoms. The highest BCUT2D eigenvalue weighted by atomic mass is 35.5. The van der Waals surface area contributed by atoms with Crippen LogP contribution in [0.25, 0.3) is 0 Å². The maximum Gasteiger partial charge on any atom is 0.0414 e. The molecule has 2 N–H and O–H groups in total. The van der Waals surface area contributed by atoms with Gasteiger partial charge in [0.1, 0.15) is 0 Å². The summed E-state index contributed by atoms with van der Waals surface area (Å²) in [4.78, 5) is 0. The minimum Gasteiger partial charge on any atom is -0.321 e. The fraction of sp³-hybridized carbons (Fsp3) is 0.500. The first-order valence-electron chi connectivity index (χ1n) is 5.12. The molecule has 0 saturated heterocycles. The minimum absolute atomic E-state index is 0.0789. The number of benzene rings is 1. The first-order chi connectivity index (χ1) is 6.53. The van der Waals surface area contributed by atoms with E-state index in [0.29, 0.717) is 5.92 Å². The number of halogens is 1. The first-order valence-corrected chi connectivity index (χ1v) is 5.49. The Kier molecular flexibility index (Phi) is 2.32. The fourth-order valence-corrected chi connectivity index (χ4v) is 2.04. The Morgan fingerprint density at radius 2 is 2.00 bits per heavy atom. The summed E-state index contributed by atoms with van der Waals surface area (Å²) < 4.78 is 0. The van der Waals surface area contributed by atoms with Gasteiger partial charge in [-0.2, -0.15) is 0 Å². The molecule has 2 rings (SSSR count). The molecule has 0 atom stereocenters. The van der Waals surface area contributed by atoms with Crippen LogP contribution in [0.2, 0.25) is 5.02 Å². The van der Waals surface area contributed by atoms with E-state index < -0.39 is 0 Å². The molecule has 0 radical (unpaired) electrons. The molecule has 1 aliphatic rings. The predicted octanol–water partition coefficient (Wildman–Crippen LogP) is 3.41. The van der Waals surface area contributed by atoms with Gasteiger partial charge in [-0.3, -0.25) is 0 Å². The van der Waals surface area contributed by atoms with Gasteiger partial charge < -0.3 is 5.73 Å². The number of hydrogen-bond donors (Lipinski definition) is 1. The van der Waals surface area contributed by atoms with Crippen LogP contribution in [-0.4, -0.2) is 0 Å². The highest BCUT2D eigenvalue weighted by molar-refractivity contribution is 6.30. The first kappa shape index (κ1) is 10.0. The molecule has 0 heterocycles. The highest BCUT2D eigenvalue weighted by Crippen LogP contribution is 2.46. The summed E-state index contributed by atoms with van der Waals surface area (Å²) in [6.45, 7) is 4.39. The van der Waals surface area contributed by atoms with E-state index in [-0.39, 0.29) is 5.54 Å². The second kappa shape index (κ2) is 3.25. The molecule has 1 aliphatic carbocycles. The lowest BCUT2D eigenvalue weighted by molar-refractivity contribution is 0.708. The zero-order chi connectivity index (χ0) is 10.3. The van der Waals surface area contributed by atoms with E-state index in [2.05, 4.69) is 19.9 Å². The molecular weight excluding hydrogens is 194 g/mol. The van der Waals surface area contributed by atoms with E-state index in [9.17, 15) is 0 Å². The molecule has 14 heavy (non-hydrogen) atoms. The summed E-state index contributed by atoms with van der Waals surface area (Å²) in [5, 5.41) is 0.793. The van der Waals surface area contributed by atoms with Crippen molar-refractivity contribution in [1.29, 1.82) is 0 Å². The van der Waals surface area contributed by atoms with Gasteiger partial charge in [0.05, 0.1) is 0 Å². The maximum absolute atomic E-state index is 6.22. The Morgan fingerprint density at radius 1 is 1.36 bits per heavy atom. The van der Waals surface area contributed by atoms with E-state index in [4.69, 9.17) is 17.3 Å². The molecule has 0 aliphatic heterocycles. The maximum atomic E-state index is 6.22. The van der Waals surface area contributed by atoms with Crippen molar-refractivity contribution >= 4 is 11.6 Å². The number of rotatable bonds is 2. The van der Waals surface area contributed by atoms with Crippen molar-refractivity contribution in [2.24, 2.45) is 5.73 Å². The van der Waals surface area contributed by atoms with Gasteiger partial charge in [-0.15, -0.1) is 0 Å². The van der Waals surface area contributed by atoms with Gasteiger partial charge in [0, 0.05) is 10.6 Å². The standard InChI is InChI=1S/C12H16ClN/c1-8(2)10-4-3-9(13)7-11(10)12(14)5-6-12/h3-4,7-8H,5-6,14H2,1-2H3. The molecule has 1 saturated carbocycles. The van der Waals surface area contributed by atoms with Crippen molar-refractivity contribution < 1.29 is 0 Å². The largest absolute Gasteiger partial charge is 0.321 e. The van der Waals surface area contributed by atoms with Gasteiger partial charge in [-0.25, -0.2) is 0 Å². The molecule has 1 nitrogen and oxygen atoms in total. The van der Waals surface area contributed by atoms with Gasteiger partial charge in [-0.1, -0.05) is 31.5 Å². The van der Waals surface area contributed by atoms with Crippen LogP contribution in [-0.2, 0) is 5.54 Å². The lowest BCUT2D eigenvalue weighted by Gasteiger charge is -2.18. The third kappa shape index (κ3) is 1.67. The summed E-state index contributed by atoms with van der Waals surface area (Å²) in [6, 6.07) is 6.09. The second-order valence-electron chi connectivity index (χ2n) is 4.54. The Hall–Kier alpha value is -0.530. The topological polar surface area (TPSA) is 26.0 Å². The van der Waals surface area contributed by atoms with Gasteiger partial charge in [0.25, 0.3) is 0 Å². The Morgan fingerprint density at radius 3 is 2.50 bits per heavy atom. The Bertz CT molecular complexity index is 353. The summed E-state index contributed by atoms with van der Waals surface area (Å²) in [7, 11) is 0. The van der Waals surface area contributed by atoms with Gasteiger partial charge >= 0.3 is 0 Å². The van der Waals surface area contributed by atoms with Crippen molar-refractivity contribution in [2.75, 3.05) is 0 Å². The summed E-state index contributed by atoms with van der Waals surface area (Å²) in [6.07, 6.45) is 2.18. The van der Waals surface area contributed by atoms with Crippen LogP contribution >= 0.6 is 11.6 Å². The average molecular weight is 210 g/mol. The molecule has 0 amide bonds. The van der Waals surface area contributed by atoms with Crippen molar-refractivity contribution in [3.8, 4) is 0 Å². The third-order valence-corrected chi connectivity index (χ3v) is 3.20. The zero-order valence-electron chi connectivity index (χ0n) is 8.68. The minimum atomic E-state index is -0.0789. The van der Waals surface area contributed by atoms with Crippen molar-refractivity contribution in [3.05, 3.63) is 34.3 Å². The van der Waals surface area contributed by atoms with Crippen LogP contribution in [0.15, 0.2) is 18.2 Å². The monoisotopic (exact) mass is 209 g/mol. The van der Waals surface area contributed by atoms with Crippen LogP contribution in [0.3, 0.4) is 0 Å². The highest BCUT2D eigenvalue weighted by Gasteiger charge is 2.41. The molecule has 0 spiro atoms. The number of nitrogens with two attached hydrogens (primary N) is 1. The lowest BCUT2D eigenvalue weighted by Crippen LogP contribution is -2.21. The average Bonchev–Trinajstić information content (AvgIpc) is 2.84. The van der Waals surface area contributed by atoms with E-state index >= 15 is 0 Å². The molecule has 1 fully saturated rings. The zero-order valence-corrected chi connectivity index (χ0v) is 9.43. The fourth-order valence-electron chi connectivity index (χ4n) is 1.87. The van der Waals surface area contributed by atoms with Crippen molar-refractivity contribution in [2.45, 2.75) is 38.1 Å². The summed E-state index contributed by atoms with van der Waals surface area (Å²) >= 11 is 6.00. The quantitative estimate of drug-likeness (QED) is 0.794. The van der Waals surface area contributed by atoms with Gasteiger partial charge in [0.2, 0.25) is 0 Å². The van der Waals surface area contributed by atoms with Gasteiger partial charge in [-0.05, 0) is 42.0 Å². The van der Waals surface area contributed by atoms with Crippen molar-refractivity contribution in [1.82, 2.24) is 0 Å². The SMILES string of the molecule is CC(C)c1ccc(Cl)cc1C1(N)CC1. The lowest BCUT2D eigenvalue weighted by atomic mass is 9.92. The predicted molar refractivity (Wildman–Crippen MR) is 60.6 cm³/mol. The smallest absolute Gasteiger partial charge is 0.0414 e. The molecule has 1 aromatic carbocycles.